The van der Waals surface area contributed by atoms with Gasteiger partial charge in [0.1, 0.15) is 0 Å². The van der Waals surface area contributed by atoms with Crippen LogP contribution in [-0.4, -0.2) is 13.1 Å². The van der Waals surface area contributed by atoms with Gasteiger partial charge in [-0.2, -0.15) is 0 Å². The molecule has 0 atom stereocenters. The first-order valence-corrected chi connectivity index (χ1v) is 4.23. The summed E-state index contributed by atoms with van der Waals surface area (Å²) in [5.74, 6) is -0.439. The molecule has 1 aromatic carbocycles. The van der Waals surface area contributed by atoms with Crippen LogP contribution in [0, 0.1) is 6.57 Å². The van der Waals surface area contributed by atoms with Crippen LogP contribution in [0.4, 0.5) is 5.69 Å². The van der Waals surface area contributed by atoms with Gasteiger partial charge in [-0.3, -0.25) is 0 Å². The summed E-state index contributed by atoms with van der Waals surface area (Å²) in [5, 5.41) is 0. The molecule has 0 aliphatic rings. The van der Waals surface area contributed by atoms with Gasteiger partial charge in [0.25, 0.3) is 0 Å². The molecular formula is C9H6BrNO2. The molecule has 0 heterocycles. The van der Waals surface area contributed by atoms with Gasteiger partial charge in [-0.25, -0.2) is 9.64 Å². The zero-order chi connectivity index (χ0) is 9.84. The van der Waals surface area contributed by atoms with Crippen molar-refractivity contribution < 1.29 is 9.53 Å². The van der Waals surface area contributed by atoms with E-state index in [0.29, 0.717) is 15.7 Å². The van der Waals surface area contributed by atoms with Crippen LogP contribution in [0.25, 0.3) is 4.85 Å². The van der Waals surface area contributed by atoms with E-state index >= 15 is 0 Å². The largest absolute Gasteiger partial charge is 0.465 e. The maximum Gasteiger partial charge on any atom is 0.336 e. The summed E-state index contributed by atoms with van der Waals surface area (Å²) in [4.78, 5) is 14.3. The lowest BCUT2D eigenvalue weighted by Gasteiger charge is -2.00. The van der Waals surface area contributed by atoms with Gasteiger partial charge in [0.05, 0.1) is 19.2 Å². The number of ether oxygens (including phenoxy) is 1. The van der Waals surface area contributed by atoms with Gasteiger partial charge in [0, 0.05) is 4.47 Å². The Kier molecular flexibility index (Phi) is 3.04. The first kappa shape index (κ1) is 9.75. The Morgan fingerprint density at radius 1 is 1.54 bits per heavy atom. The molecule has 1 aromatic rings. The van der Waals surface area contributed by atoms with Crippen molar-refractivity contribution in [3.05, 3.63) is 39.7 Å². The molecule has 3 nitrogen and oxygen atoms in total. The van der Waals surface area contributed by atoms with Gasteiger partial charge in [-0.1, -0.05) is 15.9 Å². The predicted octanol–water partition coefficient (Wildman–Crippen LogP) is 2.79. The van der Waals surface area contributed by atoms with Gasteiger partial charge in [0.2, 0.25) is 0 Å². The lowest BCUT2D eigenvalue weighted by Crippen LogP contribution is -2.00. The molecule has 0 N–H and O–H groups in total. The Balaban J connectivity index is 3.17. The second kappa shape index (κ2) is 4.06. The van der Waals surface area contributed by atoms with E-state index in [1.165, 1.54) is 13.2 Å². The topological polar surface area (TPSA) is 30.7 Å². The van der Waals surface area contributed by atoms with Gasteiger partial charge >= 0.3 is 5.97 Å². The highest BCUT2D eigenvalue weighted by atomic mass is 79.9. The summed E-state index contributed by atoms with van der Waals surface area (Å²) < 4.78 is 5.22. The van der Waals surface area contributed by atoms with Crippen LogP contribution < -0.4 is 0 Å². The monoisotopic (exact) mass is 239 g/mol. The zero-order valence-corrected chi connectivity index (χ0v) is 8.46. The highest BCUT2D eigenvalue weighted by Gasteiger charge is 2.07. The lowest BCUT2D eigenvalue weighted by molar-refractivity contribution is 0.0600. The minimum Gasteiger partial charge on any atom is -0.465 e. The Morgan fingerprint density at radius 2 is 2.23 bits per heavy atom. The third-order valence-corrected chi connectivity index (χ3v) is 1.89. The number of hydrogen-bond donors (Lipinski definition) is 0. The molecule has 13 heavy (non-hydrogen) atoms. The SMILES string of the molecule is [C-]#[N+]c1cc(Br)cc(C(=O)OC)c1. The number of esters is 1. The Hall–Kier alpha value is -1.34. The Bertz CT molecular complexity index is 382. The highest BCUT2D eigenvalue weighted by molar-refractivity contribution is 9.10. The van der Waals surface area contributed by atoms with E-state index in [0.717, 1.165) is 0 Å². The molecule has 0 spiro atoms. The number of hydrogen-bond acceptors (Lipinski definition) is 2. The van der Waals surface area contributed by atoms with Crippen molar-refractivity contribution in [1.29, 1.82) is 0 Å². The standard InChI is InChI=1S/C9H6BrNO2/c1-11-8-4-6(9(12)13-2)3-7(10)5-8/h3-5H,2H3. The number of carbonyl (C=O) groups excluding carboxylic acids is 1. The van der Waals surface area contributed by atoms with E-state index in [-0.39, 0.29) is 0 Å². The second-order valence-electron chi connectivity index (χ2n) is 2.30. The minimum atomic E-state index is -0.439. The van der Waals surface area contributed by atoms with Crippen LogP contribution in [-0.2, 0) is 4.74 Å². The maximum absolute atomic E-state index is 11.1. The smallest absolute Gasteiger partial charge is 0.336 e. The summed E-state index contributed by atoms with van der Waals surface area (Å²) in [6.45, 7) is 6.79. The van der Waals surface area contributed by atoms with Crippen LogP contribution in [0.5, 0.6) is 0 Å². The summed E-state index contributed by atoms with van der Waals surface area (Å²) in [5.41, 5.74) is 0.789. The van der Waals surface area contributed by atoms with Crippen molar-refractivity contribution >= 4 is 27.6 Å². The number of carbonyl (C=O) groups is 1. The van der Waals surface area contributed by atoms with Crippen LogP contribution in [0.1, 0.15) is 10.4 Å². The summed E-state index contributed by atoms with van der Waals surface area (Å²) in [7, 11) is 1.31. The molecule has 1 rings (SSSR count). The maximum atomic E-state index is 11.1. The van der Waals surface area contributed by atoms with E-state index in [1.807, 2.05) is 0 Å². The van der Waals surface area contributed by atoms with Crippen molar-refractivity contribution in [1.82, 2.24) is 0 Å². The molecule has 0 saturated heterocycles. The van der Waals surface area contributed by atoms with Gasteiger partial charge in [0.15, 0.2) is 5.69 Å². The molecule has 0 amide bonds. The number of methoxy groups -OCH3 is 1. The number of rotatable bonds is 1. The average Bonchev–Trinajstić information content (AvgIpc) is 2.15. The van der Waals surface area contributed by atoms with Crippen molar-refractivity contribution in [2.75, 3.05) is 7.11 Å². The van der Waals surface area contributed by atoms with Gasteiger partial charge in [-0.15, -0.1) is 0 Å². The van der Waals surface area contributed by atoms with Crippen LogP contribution in [0.15, 0.2) is 22.7 Å². The molecule has 0 unspecified atom stereocenters. The molecule has 0 saturated carbocycles. The van der Waals surface area contributed by atoms with E-state index in [1.54, 1.807) is 12.1 Å². The molecule has 0 radical (unpaired) electrons. The molecule has 4 heteroatoms. The lowest BCUT2D eigenvalue weighted by atomic mass is 10.2. The summed E-state index contributed by atoms with van der Waals surface area (Å²) >= 11 is 3.20. The molecule has 0 aromatic heterocycles. The predicted molar refractivity (Wildman–Crippen MR) is 51.7 cm³/mol. The van der Waals surface area contributed by atoms with Crippen LogP contribution >= 0.6 is 15.9 Å². The molecular weight excluding hydrogens is 234 g/mol. The summed E-state index contributed by atoms with van der Waals surface area (Å²) in [6.07, 6.45) is 0. The number of benzene rings is 1. The van der Waals surface area contributed by atoms with Crippen molar-refractivity contribution in [2.24, 2.45) is 0 Å². The molecule has 0 aliphatic carbocycles. The van der Waals surface area contributed by atoms with E-state index < -0.39 is 5.97 Å². The second-order valence-corrected chi connectivity index (χ2v) is 3.22. The van der Waals surface area contributed by atoms with E-state index in [4.69, 9.17) is 6.57 Å². The van der Waals surface area contributed by atoms with Crippen molar-refractivity contribution in [3.8, 4) is 0 Å². The highest BCUT2D eigenvalue weighted by Crippen LogP contribution is 2.22. The first-order valence-electron chi connectivity index (χ1n) is 3.43. The van der Waals surface area contributed by atoms with E-state index in [2.05, 4.69) is 25.5 Å². The fourth-order valence-corrected chi connectivity index (χ4v) is 1.36. The third-order valence-electron chi connectivity index (χ3n) is 1.43. The van der Waals surface area contributed by atoms with Gasteiger partial charge in [-0.05, 0) is 18.2 Å². The first-order chi connectivity index (χ1) is 6.17. The summed E-state index contributed by atoms with van der Waals surface area (Å²) in [6, 6.07) is 4.74. The average molecular weight is 240 g/mol. The van der Waals surface area contributed by atoms with Crippen molar-refractivity contribution in [3.63, 3.8) is 0 Å². The normalized spacial score (nSPS) is 9.00. The molecule has 66 valence electrons. The molecule has 0 fully saturated rings. The van der Waals surface area contributed by atoms with Gasteiger partial charge < -0.3 is 4.74 Å². The number of nitrogens with zero attached hydrogens (tertiary/aromatic N) is 1. The Morgan fingerprint density at radius 3 is 2.77 bits per heavy atom. The zero-order valence-electron chi connectivity index (χ0n) is 6.87. The quantitative estimate of drug-likeness (QED) is 0.558. The molecule has 0 bridgehead atoms. The third kappa shape index (κ3) is 2.30. The fraction of sp³-hybridized carbons (Fsp3) is 0.111. The fourth-order valence-electron chi connectivity index (χ4n) is 0.874. The van der Waals surface area contributed by atoms with Crippen molar-refractivity contribution in [2.45, 2.75) is 0 Å². The van der Waals surface area contributed by atoms with Crippen LogP contribution in [0.3, 0.4) is 0 Å². The minimum absolute atomic E-state index is 0.378. The Labute approximate surface area is 84.3 Å². The van der Waals surface area contributed by atoms with E-state index in [9.17, 15) is 4.79 Å². The number of halogens is 1. The van der Waals surface area contributed by atoms with Crippen LogP contribution in [0.2, 0.25) is 0 Å². The molecule has 0 aliphatic heterocycles.